The first-order valence-corrected chi connectivity index (χ1v) is 9.99. The third-order valence-corrected chi connectivity index (χ3v) is 5.97. The average molecular weight is 373 g/mol. The van der Waals surface area contributed by atoms with Crippen molar-refractivity contribution in [2.75, 3.05) is 37.7 Å². The second-order valence-electron chi connectivity index (χ2n) is 7.63. The van der Waals surface area contributed by atoms with Crippen LogP contribution in [0.5, 0.6) is 0 Å². The van der Waals surface area contributed by atoms with Gasteiger partial charge >= 0.3 is 0 Å². The van der Waals surface area contributed by atoms with Gasteiger partial charge in [0.05, 0.1) is 11.7 Å². The van der Waals surface area contributed by atoms with Crippen molar-refractivity contribution in [2.45, 2.75) is 44.2 Å². The fourth-order valence-corrected chi connectivity index (χ4v) is 4.38. The highest BCUT2D eigenvalue weighted by Crippen LogP contribution is 2.28. The molecular formula is C20H28FN5O. The minimum absolute atomic E-state index is 0.119. The smallest absolute Gasteiger partial charge is 0.123 e. The number of likely N-dealkylation sites (tertiary alicyclic amines) is 1. The van der Waals surface area contributed by atoms with E-state index in [1.165, 1.54) is 0 Å². The second kappa shape index (κ2) is 8.35. The lowest BCUT2D eigenvalue weighted by molar-refractivity contribution is 0.113. The largest absolute Gasteiger partial charge is 0.396 e. The van der Waals surface area contributed by atoms with Crippen molar-refractivity contribution < 1.29 is 9.50 Å². The van der Waals surface area contributed by atoms with E-state index in [0.29, 0.717) is 18.5 Å². The van der Waals surface area contributed by atoms with Crippen LogP contribution in [0, 0.1) is 5.82 Å². The van der Waals surface area contributed by atoms with Crippen molar-refractivity contribution in [2.24, 2.45) is 0 Å². The second-order valence-corrected chi connectivity index (χ2v) is 7.63. The number of rotatable bonds is 5. The van der Waals surface area contributed by atoms with Crippen molar-refractivity contribution in [3.63, 3.8) is 0 Å². The fraction of sp³-hybridized carbons (Fsp3) is 0.600. The predicted octanol–water partition coefficient (Wildman–Crippen LogP) is 2.26. The first-order chi connectivity index (χ1) is 13.2. The number of aliphatic hydroxyl groups is 1. The summed E-state index contributed by atoms with van der Waals surface area (Å²) < 4.78 is 15.1. The number of hydrogen-bond donors (Lipinski definition) is 1. The van der Waals surface area contributed by atoms with Gasteiger partial charge in [-0.1, -0.05) is 5.21 Å². The Hall–Kier alpha value is -1.99. The molecule has 146 valence electrons. The van der Waals surface area contributed by atoms with Crippen LogP contribution in [0.15, 0.2) is 30.5 Å². The maximum absolute atomic E-state index is 13.1. The van der Waals surface area contributed by atoms with Crippen molar-refractivity contribution in [3.05, 3.63) is 42.0 Å². The van der Waals surface area contributed by atoms with E-state index in [4.69, 9.17) is 5.11 Å². The zero-order chi connectivity index (χ0) is 18.6. The standard InChI is InChI=1S/C20H28FN5O/c21-16-1-3-18(4-2-16)24-10-5-19(6-11-24)25-12-7-20(8-13-25)26-15-17(9-14-27)22-23-26/h1-4,15,19-20,27H,5-14H2. The Morgan fingerprint density at radius 1 is 0.963 bits per heavy atom. The molecule has 2 saturated heterocycles. The molecule has 2 fully saturated rings. The molecule has 0 spiro atoms. The van der Waals surface area contributed by atoms with Crippen LogP contribution < -0.4 is 4.90 Å². The number of halogens is 1. The van der Waals surface area contributed by atoms with Crippen LogP contribution in [-0.2, 0) is 6.42 Å². The first-order valence-electron chi connectivity index (χ1n) is 9.99. The van der Waals surface area contributed by atoms with E-state index >= 15 is 0 Å². The predicted molar refractivity (Wildman–Crippen MR) is 102 cm³/mol. The Bertz CT molecular complexity index is 718. The Labute approximate surface area is 159 Å². The zero-order valence-corrected chi connectivity index (χ0v) is 15.7. The fourth-order valence-electron chi connectivity index (χ4n) is 4.38. The number of piperidine rings is 2. The van der Waals surface area contributed by atoms with Gasteiger partial charge in [0.1, 0.15) is 5.82 Å². The summed E-state index contributed by atoms with van der Waals surface area (Å²) in [5.74, 6) is -0.174. The molecule has 0 bridgehead atoms. The zero-order valence-electron chi connectivity index (χ0n) is 15.7. The lowest BCUT2D eigenvalue weighted by Crippen LogP contribution is -2.48. The highest BCUT2D eigenvalue weighted by Gasteiger charge is 2.29. The summed E-state index contributed by atoms with van der Waals surface area (Å²) in [6.45, 7) is 4.38. The van der Waals surface area contributed by atoms with Crippen LogP contribution in [0.4, 0.5) is 10.1 Å². The van der Waals surface area contributed by atoms with E-state index in [2.05, 4.69) is 20.1 Å². The molecule has 0 aliphatic carbocycles. The quantitative estimate of drug-likeness (QED) is 0.871. The Kier molecular flexibility index (Phi) is 5.69. The molecule has 27 heavy (non-hydrogen) atoms. The molecule has 1 N–H and O–H groups in total. The van der Waals surface area contributed by atoms with E-state index < -0.39 is 0 Å². The summed E-state index contributed by atoms with van der Waals surface area (Å²) in [6.07, 6.45) is 7.07. The van der Waals surface area contributed by atoms with Gasteiger partial charge in [0.2, 0.25) is 0 Å². The maximum Gasteiger partial charge on any atom is 0.123 e. The van der Waals surface area contributed by atoms with Crippen LogP contribution in [0.2, 0.25) is 0 Å². The number of aliphatic hydroxyl groups excluding tert-OH is 1. The normalized spacial score (nSPS) is 20.3. The number of aromatic nitrogens is 3. The minimum atomic E-state index is -0.174. The van der Waals surface area contributed by atoms with Gasteiger partial charge in [-0.05, 0) is 49.9 Å². The van der Waals surface area contributed by atoms with Crippen molar-refractivity contribution in [1.29, 1.82) is 0 Å². The van der Waals surface area contributed by atoms with E-state index in [1.807, 2.05) is 23.0 Å². The van der Waals surface area contributed by atoms with Gasteiger partial charge in [-0.2, -0.15) is 0 Å². The minimum Gasteiger partial charge on any atom is -0.396 e. The molecule has 7 heteroatoms. The lowest BCUT2D eigenvalue weighted by atomic mass is 9.97. The van der Waals surface area contributed by atoms with Crippen LogP contribution >= 0.6 is 0 Å². The van der Waals surface area contributed by atoms with Gasteiger partial charge in [-0.25, -0.2) is 9.07 Å². The monoisotopic (exact) mass is 373 g/mol. The Morgan fingerprint density at radius 2 is 1.63 bits per heavy atom. The summed E-state index contributed by atoms with van der Waals surface area (Å²) in [5.41, 5.74) is 1.99. The van der Waals surface area contributed by atoms with E-state index in [9.17, 15) is 4.39 Å². The van der Waals surface area contributed by atoms with Crippen LogP contribution in [0.3, 0.4) is 0 Å². The van der Waals surface area contributed by atoms with Gasteiger partial charge in [-0.15, -0.1) is 5.10 Å². The summed E-state index contributed by atoms with van der Waals surface area (Å²) in [5, 5.41) is 17.4. The molecule has 0 amide bonds. The van der Waals surface area contributed by atoms with E-state index in [1.54, 1.807) is 12.1 Å². The highest BCUT2D eigenvalue weighted by atomic mass is 19.1. The van der Waals surface area contributed by atoms with Gasteiger partial charge in [-0.3, -0.25) is 0 Å². The van der Waals surface area contributed by atoms with Gasteiger partial charge in [0.15, 0.2) is 0 Å². The van der Waals surface area contributed by atoms with Crippen molar-refractivity contribution in [3.8, 4) is 0 Å². The summed E-state index contributed by atoms with van der Waals surface area (Å²) >= 11 is 0. The molecule has 2 aromatic rings. The van der Waals surface area contributed by atoms with Gasteiger partial charge < -0.3 is 14.9 Å². The molecule has 1 aromatic heterocycles. The van der Waals surface area contributed by atoms with Crippen molar-refractivity contribution >= 4 is 5.69 Å². The molecule has 3 heterocycles. The summed E-state index contributed by atoms with van der Waals surface area (Å²) in [7, 11) is 0. The Morgan fingerprint density at radius 3 is 2.30 bits per heavy atom. The molecular weight excluding hydrogens is 345 g/mol. The molecule has 0 unspecified atom stereocenters. The third kappa shape index (κ3) is 4.30. The molecule has 0 radical (unpaired) electrons. The topological polar surface area (TPSA) is 57.4 Å². The molecule has 1 aromatic carbocycles. The van der Waals surface area contributed by atoms with Gasteiger partial charge in [0, 0.05) is 57.1 Å². The number of nitrogens with zero attached hydrogens (tertiary/aromatic N) is 5. The first kappa shape index (κ1) is 18.4. The number of benzene rings is 1. The summed E-state index contributed by atoms with van der Waals surface area (Å²) in [6, 6.07) is 7.91. The van der Waals surface area contributed by atoms with Gasteiger partial charge in [0.25, 0.3) is 0 Å². The van der Waals surface area contributed by atoms with Crippen LogP contribution in [-0.4, -0.2) is 63.8 Å². The van der Waals surface area contributed by atoms with Crippen LogP contribution in [0.25, 0.3) is 0 Å². The molecule has 0 atom stereocenters. The van der Waals surface area contributed by atoms with E-state index in [-0.39, 0.29) is 12.4 Å². The summed E-state index contributed by atoms with van der Waals surface area (Å²) in [4.78, 5) is 4.99. The number of anilines is 1. The average Bonchev–Trinajstić information content (AvgIpc) is 3.18. The lowest BCUT2D eigenvalue weighted by Gasteiger charge is -2.42. The molecule has 2 aliphatic rings. The third-order valence-electron chi connectivity index (χ3n) is 5.97. The van der Waals surface area contributed by atoms with E-state index in [0.717, 1.165) is 63.2 Å². The molecule has 0 saturated carbocycles. The number of hydrogen-bond acceptors (Lipinski definition) is 5. The highest BCUT2D eigenvalue weighted by molar-refractivity contribution is 5.46. The molecule has 2 aliphatic heterocycles. The SMILES string of the molecule is OCCc1cn(C2CCN(C3CCN(c4ccc(F)cc4)CC3)CC2)nn1. The molecule has 4 rings (SSSR count). The van der Waals surface area contributed by atoms with Crippen molar-refractivity contribution in [1.82, 2.24) is 19.9 Å². The maximum atomic E-state index is 13.1. The van der Waals surface area contributed by atoms with Crippen LogP contribution in [0.1, 0.15) is 37.4 Å². The Balaban J connectivity index is 1.26. The molecule has 6 nitrogen and oxygen atoms in total.